The molecule has 0 saturated carbocycles. The number of amides is 2. The van der Waals surface area contributed by atoms with Crippen LogP contribution in [0.5, 0.6) is 0 Å². The van der Waals surface area contributed by atoms with Gasteiger partial charge in [-0.3, -0.25) is 9.59 Å². The molecule has 2 fully saturated rings. The number of benzene rings is 1. The molecule has 1 aromatic carbocycles. The number of piperazine rings is 2. The second kappa shape index (κ2) is 4.66. The standard InChI is InChI=1S/C14H17N3O2/c1-9-4-2-3-5-11(9)13-14(19)16-7-10-6-15-8-12(18)17(10)13/h2-5,10,13,15H,6-8H2,1H3,(H,16,19). The Morgan fingerprint density at radius 1 is 1.21 bits per heavy atom. The highest BCUT2D eigenvalue weighted by Crippen LogP contribution is 2.29. The largest absolute Gasteiger partial charge is 0.352 e. The zero-order valence-corrected chi connectivity index (χ0v) is 10.8. The van der Waals surface area contributed by atoms with Gasteiger partial charge in [0.05, 0.1) is 12.6 Å². The zero-order valence-electron chi connectivity index (χ0n) is 10.8. The fraction of sp³-hybridized carbons (Fsp3) is 0.429. The van der Waals surface area contributed by atoms with Crippen LogP contribution in [0.4, 0.5) is 0 Å². The molecule has 2 atom stereocenters. The van der Waals surface area contributed by atoms with Gasteiger partial charge in [-0.2, -0.15) is 0 Å². The molecular formula is C14H17N3O2. The molecule has 0 aromatic heterocycles. The lowest BCUT2D eigenvalue weighted by molar-refractivity contribution is -0.148. The third-order valence-corrected chi connectivity index (χ3v) is 3.86. The lowest BCUT2D eigenvalue weighted by Crippen LogP contribution is -2.65. The number of fused-ring (bicyclic) bond motifs is 1. The number of aryl methyl sites for hydroxylation is 1. The number of carbonyl (C=O) groups excluding carboxylic acids is 2. The molecule has 5 nitrogen and oxygen atoms in total. The van der Waals surface area contributed by atoms with Gasteiger partial charge in [-0.25, -0.2) is 0 Å². The summed E-state index contributed by atoms with van der Waals surface area (Å²) in [5.41, 5.74) is 1.95. The molecule has 2 unspecified atom stereocenters. The van der Waals surface area contributed by atoms with E-state index >= 15 is 0 Å². The van der Waals surface area contributed by atoms with Gasteiger partial charge in [0.15, 0.2) is 0 Å². The molecule has 2 amide bonds. The number of hydrogen-bond acceptors (Lipinski definition) is 3. The van der Waals surface area contributed by atoms with E-state index in [1.54, 1.807) is 4.90 Å². The Morgan fingerprint density at radius 2 is 2.00 bits per heavy atom. The Hall–Kier alpha value is -1.88. The van der Waals surface area contributed by atoms with Crippen molar-refractivity contribution in [1.82, 2.24) is 15.5 Å². The maximum Gasteiger partial charge on any atom is 0.247 e. The first kappa shape index (κ1) is 12.2. The van der Waals surface area contributed by atoms with E-state index in [1.807, 2.05) is 31.2 Å². The number of hydrogen-bond donors (Lipinski definition) is 2. The van der Waals surface area contributed by atoms with Gasteiger partial charge in [-0.1, -0.05) is 24.3 Å². The van der Waals surface area contributed by atoms with Crippen molar-refractivity contribution in [2.24, 2.45) is 0 Å². The summed E-state index contributed by atoms with van der Waals surface area (Å²) in [6, 6.07) is 7.30. The molecular weight excluding hydrogens is 242 g/mol. The minimum absolute atomic E-state index is 0.000599. The number of rotatable bonds is 1. The molecule has 5 heteroatoms. The molecule has 2 aliphatic rings. The van der Waals surface area contributed by atoms with E-state index in [2.05, 4.69) is 10.6 Å². The second-order valence-electron chi connectivity index (χ2n) is 5.09. The third kappa shape index (κ3) is 2.00. The van der Waals surface area contributed by atoms with Crippen molar-refractivity contribution < 1.29 is 9.59 Å². The lowest BCUT2D eigenvalue weighted by Gasteiger charge is -2.44. The quantitative estimate of drug-likeness (QED) is 0.744. The summed E-state index contributed by atoms with van der Waals surface area (Å²) in [4.78, 5) is 26.1. The topological polar surface area (TPSA) is 61.4 Å². The summed E-state index contributed by atoms with van der Waals surface area (Å²) in [7, 11) is 0. The fourth-order valence-corrected chi connectivity index (χ4v) is 2.89. The molecule has 1 aromatic rings. The van der Waals surface area contributed by atoms with Crippen molar-refractivity contribution in [3.05, 3.63) is 35.4 Å². The minimum Gasteiger partial charge on any atom is -0.352 e. The van der Waals surface area contributed by atoms with Crippen LogP contribution in [0.15, 0.2) is 24.3 Å². The Labute approximate surface area is 112 Å². The van der Waals surface area contributed by atoms with Crippen molar-refractivity contribution in [3.8, 4) is 0 Å². The van der Waals surface area contributed by atoms with E-state index in [1.165, 1.54) is 0 Å². The fourth-order valence-electron chi connectivity index (χ4n) is 2.89. The van der Waals surface area contributed by atoms with E-state index in [9.17, 15) is 9.59 Å². The van der Waals surface area contributed by atoms with Gasteiger partial charge in [-0.15, -0.1) is 0 Å². The molecule has 19 heavy (non-hydrogen) atoms. The van der Waals surface area contributed by atoms with Crippen LogP contribution < -0.4 is 10.6 Å². The van der Waals surface area contributed by atoms with Gasteiger partial charge in [0.25, 0.3) is 0 Å². The average Bonchev–Trinajstić information content (AvgIpc) is 2.41. The van der Waals surface area contributed by atoms with E-state index in [4.69, 9.17) is 0 Å². The van der Waals surface area contributed by atoms with Crippen LogP contribution in [-0.2, 0) is 9.59 Å². The van der Waals surface area contributed by atoms with E-state index in [-0.39, 0.29) is 17.9 Å². The van der Waals surface area contributed by atoms with Gasteiger partial charge < -0.3 is 15.5 Å². The SMILES string of the molecule is Cc1ccccc1C1C(=O)NCC2CNCC(=O)N21. The van der Waals surface area contributed by atoms with E-state index < -0.39 is 6.04 Å². The summed E-state index contributed by atoms with van der Waals surface area (Å²) in [6.45, 7) is 3.54. The van der Waals surface area contributed by atoms with E-state index in [0.29, 0.717) is 13.1 Å². The van der Waals surface area contributed by atoms with Gasteiger partial charge in [-0.05, 0) is 18.1 Å². The Bertz CT molecular complexity index is 529. The van der Waals surface area contributed by atoms with Gasteiger partial charge >= 0.3 is 0 Å². The molecule has 0 bridgehead atoms. The van der Waals surface area contributed by atoms with Crippen molar-refractivity contribution in [1.29, 1.82) is 0 Å². The van der Waals surface area contributed by atoms with Crippen LogP contribution in [0.1, 0.15) is 17.2 Å². The minimum atomic E-state index is -0.491. The van der Waals surface area contributed by atoms with Crippen LogP contribution in [-0.4, -0.2) is 42.4 Å². The molecule has 2 saturated heterocycles. The first-order valence-electron chi connectivity index (χ1n) is 6.53. The van der Waals surface area contributed by atoms with Crippen molar-refractivity contribution in [2.45, 2.75) is 19.0 Å². The van der Waals surface area contributed by atoms with Crippen molar-refractivity contribution in [3.63, 3.8) is 0 Å². The number of carbonyl (C=O) groups is 2. The highest BCUT2D eigenvalue weighted by atomic mass is 16.2. The van der Waals surface area contributed by atoms with Crippen molar-refractivity contribution >= 4 is 11.8 Å². The maximum atomic E-state index is 12.2. The van der Waals surface area contributed by atoms with Crippen LogP contribution in [0.3, 0.4) is 0 Å². The van der Waals surface area contributed by atoms with E-state index in [0.717, 1.165) is 17.7 Å². The predicted molar refractivity (Wildman–Crippen MR) is 70.4 cm³/mol. The molecule has 2 N–H and O–H groups in total. The number of nitrogens with one attached hydrogen (secondary N) is 2. The summed E-state index contributed by atoms with van der Waals surface area (Å²) in [6.07, 6.45) is 0. The Balaban J connectivity index is 2.03. The van der Waals surface area contributed by atoms with Crippen molar-refractivity contribution in [2.75, 3.05) is 19.6 Å². The third-order valence-electron chi connectivity index (χ3n) is 3.86. The van der Waals surface area contributed by atoms with Gasteiger partial charge in [0, 0.05) is 13.1 Å². The van der Waals surface area contributed by atoms with Gasteiger partial charge in [0.1, 0.15) is 6.04 Å². The zero-order chi connectivity index (χ0) is 13.4. The molecule has 0 aliphatic carbocycles. The lowest BCUT2D eigenvalue weighted by atomic mass is 9.94. The summed E-state index contributed by atoms with van der Waals surface area (Å²) < 4.78 is 0. The monoisotopic (exact) mass is 259 g/mol. The molecule has 2 heterocycles. The molecule has 100 valence electrons. The predicted octanol–water partition coefficient (Wildman–Crippen LogP) is -0.0337. The van der Waals surface area contributed by atoms with Crippen LogP contribution in [0.25, 0.3) is 0 Å². The molecule has 0 radical (unpaired) electrons. The average molecular weight is 259 g/mol. The summed E-state index contributed by atoms with van der Waals surface area (Å²) in [5.74, 6) is -0.0832. The first-order chi connectivity index (χ1) is 9.18. The molecule has 3 rings (SSSR count). The first-order valence-corrected chi connectivity index (χ1v) is 6.53. The molecule has 0 spiro atoms. The van der Waals surface area contributed by atoms with Crippen LogP contribution in [0, 0.1) is 6.92 Å². The maximum absolute atomic E-state index is 12.2. The summed E-state index contributed by atoms with van der Waals surface area (Å²) in [5, 5.41) is 6.00. The second-order valence-corrected chi connectivity index (χ2v) is 5.09. The van der Waals surface area contributed by atoms with Crippen LogP contribution >= 0.6 is 0 Å². The normalized spacial score (nSPS) is 26.9. The Morgan fingerprint density at radius 3 is 2.79 bits per heavy atom. The Kier molecular flexibility index (Phi) is 2.98. The number of nitrogens with zero attached hydrogens (tertiary/aromatic N) is 1. The summed E-state index contributed by atoms with van der Waals surface area (Å²) >= 11 is 0. The van der Waals surface area contributed by atoms with Crippen LogP contribution in [0.2, 0.25) is 0 Å². The molecule has 2 aliphatic heterocycles. The smallest absolute Gasteiger partial charge is 0.247 e. The van der Waals surface area contributed by atoms with Gasteiger partial charge in [0.2, 0.25) is 11.8 Å². The highest BCUT2D eigenvalue weighted by Gasteiger charge is 2.42. The highest BCUT2D eigenvalue weighted by molar-refractivity contribution is 5.91.